The highest BCUT2D eigenvalue weighted by Crippen LogP contribution is 2.33. The van der Waals surface area contributed by atoms with E-state index in [9.17, 15) is 5.11 Å². The molecule has 0 saturated heterocycles. The molecule has 0 radical (unpaired) electrons. The van der Waals surface area contributed by atoms with Crippen LogP contribution in [0.15, 0.2) is 23.6 Å². The molecule has 1 N–H and O–H groups in total. The second-order valence-electron chi connectivity index (χ2n) is 3.72. The predicted octanol–water partition coefficient (Wildman–Crippen LogP) is 4.02. The van der Waals surface area contributed by atoms with Crippen molar-refractivity contribution in [2.24, 2.45) is 0 Å². The van der Waals surface area contributed by atoms with Gasteiger partial charge in [-0.2, -0.15) is 0 Å². The number of aliphatic hydroxyl groups excluding tert-OH is 1. The third kappa shape index (κ3) is 2.21. The van der Waals surface area contributed by atoms with Gasteiger partial charge in [-0.05, 0) is 42.0 Å². The first-order valence-corrected chi connectivity index (χ1v) is 7.28. The van der Waals surface area contributed by atoms with Gasteiger partial charge in [0.25, 0.3) is 0 Å². The molecule has 0 amide bonds. The zero-order valence-corrected chi connectivity index (χ0v) is 11.2. The molecule has 2 aromatic rings. The van der Waals surface area contributed by atoms with Crippen LogP contribution in [0.2, 0.25) is 0 Å². The van der Waals surface area contributed by atoms with Crippen molar-refractivity contribution >= 4 is 22.7 Å². The van der Waals surface area contributed by atoms with E-state index < -0.39 is 6.10 Å². The van der Waals surface area contributed by atoms with Gasteiger partial charge >= 0.3 is 0 Å². The maximum absolute atomic E-state index is 10.3. The summed E-state index contributed by atoms with van der Waals surface area (Å²) in [6.45, 7) is 4.27. The summed E-state index contributed by atoms with van der Waals surface area (Å²) < 4.78 is 0. The number of hydrogen-bond donors (Lipinski definition) is 1. The Morgan fingerprint density at radius 2 is 2.00 bits per heavy atom. The summed E-state index contributed by atoms with van der Waals surface area (Å²) in [7, 11) is 0. The molecule has 1 unspecified atom stereocenters. The quantitative estimate of drug-likeness (QED) is 0.871. The Kier molecular flexibility index (Phi) is 3.79. The van der Waals surface area contributed by atoms with Gasteiger partial charge < -0.3 is 5.11 Å². The lowest BCUT2D eigenvalue weighted by atomic mass is 10.1. The molecule has 0 saturated carbocycles. The highest BCUT2D eigenvalue weighted by molar-refractivity contribution is 7.13. The van der Waals surface area contributed by atoms with Crippen molar-refractivity contribution in [3.8, 4) is 0 Å². The van der Waals surface area contributed by atoms with Crippen LogP contribution in [0.1, 0.15) is 40.1 Å². The van der Waals surface area contributed by atoms with E-state index in [0.29, 0.717) is 0 Å². The second kappa shape index (κ2) is 5.13. The number of aliphatic hydroxyl groups is 1. The molecule has 2 heterocycles. The first-order chi connectivity index (χ1) is 7.76. The van der Waals surface area contributed by atoms with Gasteiger partial charge in [-0.25, -0.2) is 0 Å². The molecule has 1 nitrogen and oxygen atoms in total. The van der Waals surface area contributed by atoms with Gasteiger partial charge in [0.05, 0.1) is 0 Å². The maximum Gasteiger partial charge on any atom is 0.123 e. The zero-order chi connectivity index (χ0) is 11.5. The number of aryl methyl sites for hydroxylation is 2. The van der Waals surface area contributed by atoms with E-state index in [1.54, 1.807) is 22.7 Å². The third-order valence-corrected chi connectivity index (χ3v) is 5.00. The second-order valence-corrected chi connectivity index (χ2v) is 5.87. The molecule has 3 heteroatoms. The lowest BCUT2D eigenvalue weighted by Crippen LogP contribution is -1.97. The lowest BCUT2D eigenvalue weighted by molar-refractivity contribution is 0.227. The van der Waals surface area contributed by atoms with E-state index in [4.69, 9.17) is 0 Å². The monoisotopic (exact) mass is 252 g/mol. The fraction of sp³-hybridized carbons (Fsp3) is 0.385. The smallest absolute Gasteiger partial charge is 0.123 e. The van der Waals surface area contributed by atoms with Crippen molar-refractivity contribution in [3.63, 3.8) is 0 Å². The van der Waals surface area contributed by atoms with Crippen molar-refractivity contribution in [1.82, 2.24) is 0 Å². The van der Waals surface area contributed by atoms with Gasteiger partial charge in [0, 0.05) is 14.6 Å². The summed E-state index contributed by atoms with van der Waals surface area (Å²) in [6, 6.07) is 6.27. The largest absolute Gasteiger partial charge is 0.382 e. The molecule has 0 aliphatic rings. The molecule has 86 valence electrons. The Morgan fingerprint density at radius 3 is 2.62 bits per heavy atom. The molecular formula is C13H16OS2. The van der Waals surface area contributed by atoms with E-state index in [1.807, 2.05) is 6.07 Å². The Bertz CT molecular complexity index is 456. The van der Waals surface area contributed by atoms with Crippen molar-refractivity contribution in [2.75, 3.05) is 0 Å². The molecule has 0 bridgehead atoms. The van der Waals surface area contributed by atoms with Crippen LogP contribution in [0.25, 0.3) is 0 Å². The summed E-state index contributed by atoms with van der Waals surface area (Å²) in [5, 5.41) is 12.4. The highest BCUT2D eigenvalue weighted by atomic mass is 32.1. The van der Waals surface area contributed by atoms with E-state index in [0.717, 1.165) is 22.6 Å². The van der Waals surface area contributed by atoms with Gasteiger partial charge in [0.15, 0.2) is 0 Å². The summed E-state index contributed by atoms with van der Waals surface area (Å²) in [4.78, 5) is 3.50. The van der Waals surface area contributed by atoms with Gasteiger partial charge in [0.1, 0.15) is 6.10 Å². The van der Waals surface area contributed by atoms with Crippen LogP contribution in [-0.2, 0) is 12.8 Å². The summed E-state index contributed by atoms with van der Waals surface area (Å²) in [6.07, 6.45) is 1.60. The van der Waals surface area contributed by atoms with E-state index in [2.05, 4.69) is 31.4 Å². The Labute approximate surface area is 104 Å². The van der Waals surface area contributed by atoms with Crippen molar-refractivity contribution in [2.45, 2.75) is 32.8 Å². The number of rotatable bonds is 4. The minimum absolute atomic E-state index is 0.430. The Hall–Kier alpha value is -0.640. The highest BCUT2D eigenvalue weighted by Gasteiger charge is 2.16. The van der Waals surface area contributed by atoms with Gasteiger partial charge in [-0.15, -0.1) is 22.7 Å². The van der Waals surface area contributed by atoms with E-state index >= 15 is 0 Å². The normalized spacial score (nSPS) is 12.9. The van der Waals surface area contributed by atoms with Crippen LogP contribution < -0.4 is 0 Å². The van der Waals surface area contributed by atoms with Crippen LogP contribution in [0, 0.1) is 0 Å². The van der Waals surface area contributed by atoms with Crippen LogP contribution in [0.5, 0.6) is 0 Å². The fourth-order valence-electron chi connectivity index (χ4n) is 1.74. The SMILES string of the molecule is CCc1ccc(C(O)c2sccc2CC)s1. The minimum Gasteiger partial charge on any atom is -0.382 e. The molecule has 2 rings (SSSR count). The molecule has 0 aromatic carbocycles. The van der Waals surface area contributed by atoms with Crippen molar-refractivity contribution in [3.05, 3.63) is 43.8 Å². The molecule has 0 aliphatic carbocycles. The molecular weight excluding hydrogens is 236 g/mol. The lowest BCUT2D eigenvalue weighted by Gasteiger charge is -2.08. The standard InChI is InChI=1S/C13H16OS2/c1-3-9-7-8-15-13(9)12(14)11-6-5-10(4-2)16-11/h5-8,12,14H,3-4H2,1-2H3. The predicted molar refractivity (Wildman–Crippen MR) is 71.5 cm³/mol. The van der Waals surface area contributed by atoms with Crippen LogP contribution >= 0.6 is 22.7 Å². The average molecular weight is 252 g/mol. The van der Waals surface area contributed by atoms with Gasteiger partial charge in [-0.3, -0.25) is 0 Å². The van der Waals surface area contributed by atoms with E-state index in [1.165, 1.54) is 10.4 Å². The van der Waals surface area contributed by atoms with Gasteiger partial charge in [-0.1, -0.05) is 13.8 Å². The average Bonchev–Trinajstić information content (AvgIpc) is 2.96. The number of thiophene rings is 2. The maximum atomic E-state index is 10.3. The summed E-state index contributed by atoms with van der Waals surface area (Å²) in [5.74, 6) is 0. The minimum atomic E-state index is -0.430. The molecule has 0 spiro atoms. The third-order valence-electron chi connectivity index (χ3n) is 2.71. The fourth-order valence-corrected chi connectivity index (χ4v) is 3.76. The van der Waals surface area contributed by atoms with Crippen LogP contribution in [0.4, 0.5) is 0 Å². The summed E-state index contributed by atoms with van der Waals surface area (Å²) in [5.41, 5.74) is 1.27. The molecule has 0 aliphatic heterocycles. The Morgan fingerprint density at radius 1 is 1.19 bits per heavy atom. The van der Waals surface area contributed by atoms with Crippen molar-refractivity contribution in [1.29, 1.82) is 0 Å². The topological polar surface area (TPSA) is 20.2 Å². The van der Waals surface area contributed by atoms with Crippen LogP contribution in [0.3, 0.4) is 0 Å². The van der Waals surface area contributed by atoms with Crippen molar-refractivity contribution < 1.29 is 5.11 Å². The van der Waals surface area contributed by atoms with E-state index in [-0.39, 0.29) is 0 Å². The Balaban J connectivity index is 2.27. The molecule has 1 atom stereocenters. The molecule has 16 heavy (non-hydrogen) atoms. The number of hydrogen-bond acceptors (Lipinski definition) is 3. The zero-order valence-electron chi connectivity index (χ0n) is 9.56. The summed E-state index contributed by atoms with van der Waals surface area (Å²) >= 11 is 3.37. The molecule has 0 fully saturated rings. The van der Waals surface area contributed by atoms with Gasteiger partial charge in [0.2, 0.25) is 0 Å². The first kappa shape index (κ1) is 11.8. The van der Waals surface area contributed by atoms with Crippen LogP contribution in [-0.4, -0.2) is 5.11 Å². The molecule has 2 aromatic heterocycles. The first-order valence-electron chi connectivity index (χ1n) is 5.59.